The van der Waals surface area contributed by atoms with Crippen molar-refractivity contribution >= 4 is 11.5 Å². The molecule has 7 heteroatoms. The highest BCUT2D eigenvalue weighted by molar-refractivity contribution is 5.55. The van der Waals surface area contributed by atoms with E-state index in [1.807, 2.05) is 12.1 Å². The fraction of sp³-hybridized carbons (Fsp3) is 0.389. The summed E-state index contributed by atoms with van der Waals surface area (Å²) in [6.07, 6.45) is 3.92. The summed E-state index contributed by atoms with van der Waals surface area (Å²) < 4.78 is 5.23. The predicted octanol–water partition coefficient (Wildman–Crippen LogP) is 3.25. The molecule has 0 spiro atoms. The number of nitrogens with zero attached hydrogens (tertiary/aromatic N) is 3. The summed E-state index contributed by atoms with van der Waals surface area (Å²) in [4.78, 5) is 17.3. The van der Waals surface area contributed by atoms with Gasteiger partial charge in [-0.2, -0.15) is 0 Å². The first-order valence-corrected chi connectivity index (χ1v) is 8.40. The third-order valence-electron chi connectivity index (χ3n) is 4.53. The number of aromatic nitrogens is 1. The molecule has 3 rings (SSSR count). The normalized spacial score (nSPS) is 15.7. The van der Waals surface area contributed by atoms with Gasteiger partial charge < -0.3 is 10.1 Å². The Morgan fingerprint density at radius 3 is 2.64 bits per heavy atom. The van der Waals surface area contributed by atoms with Gasteiger partial charge in [0.15, 0.2) is 0 Å². The number of nitrogens with one attached hydrogen (secondary N) is 1. The van der Waals surface area contributed by atoms with Gasteiger partial charge in [0.25, 0.3) is 0 Å². The van der Waals surface area contributed by atoms with Crippen molar-refractivity contribution < 1.29 is 9.66 Å². The first-order chi connectivity index (χ1) is 12.2. The maximum atomic E-state index is 11.2. The molecular weight excluding hydrogens is 320 g/mol. The molecule has 0 radical (unpaired) electrons. The Hall–Kier alpha value is -2.67. The van der Waals surface area contributed by atoms with Crippen LogP contribution in [-0.2, 0) is 0 Å². The minimum Gasteiger partial charge on any atom is -0.497 e. The SMILES string of the molecule is COc1ccc([C@@H](CNc2ncccc2[N+](=O)[O-])N2CCCC2)cc1. The van der Waals surface area contributed by atoms with Crippen LogP contribution >= 0.6 is 0 Å². The molecule has 0 amide bonds. The van der Waals surface area contributed by atoms with Crippen LogP contribution in [0.15, 0.2) is 42.6 Å². The Labute approximate surface area is 146 Å². The summed E-state index contributed by atoms with van der Waals surface area (Å²) >= 11 is 0. The van der Waals surface area contributed by atoms with Gasteiger partial charge in [-0.1, -0.05) is 12.1 Å². The molecule has 1 aromatic carbocycles. The highest BCUT2D eigenvalue weighted by Crippen LogP contribution is 2.28. The Morgan fingerprint density at radius 1 is 1.28 bits per heavy atom. The van der Waals surface area contributed by atoms with Gasteiger partial charge in [-0.05, 0) is 49.7 Å². The molecule has 2 aromatic rings. The number of rotatable bonds is 7. The molecule has 1 atom stereocenters. The predicted molar refractivity (Wildman–Crippen MR) is 95.9 cm³/mol. The number of hydrogen-bond acceptors (Lipinski definition) is 6. The minimum atomic E-state index is -0.409. The molecule has 1 fully saturated rings. The van der Waals surface area contributed by atoms with Crippen LogP contribution in [0.4, 0.5) is 11.5 Å². The fourth-order valence-electron chi connectivity index (χ4n) is 3.21. The van der Waals surface area contributed by atoms with E-state index in [0.717, 1.165) is 24.4 Å². The zero-order chi connectivity index (χ0) is 17.6. The number of ether oxygens (including phenoxy) is 1. The van der Waals surface area contributed by atoms with E-state index in [0.29, 0.717) is 12.4 Å². The summed E-state index contributed by atoms with van der Waals surface area (Å²) in [5, 5.41) is 14.3. The highest BCUT2D eigenvalue weighted by Gasteiger charge is 2.24. The summed E-state index contributed by atoms with van der Waals surface area (Å²) in [6.45, 7) is 2.62. The number of anilines is 1. The molecule has 1 N–H and O–H groups in total. The van der Waals surface area contributed by atoms with E-state index >= 15 is 0 Å². The number of likely N-dealkylation sites (tertiary alicyclic amines) is 1. The molecule has 2 heterocycles. The Kier molecular flexibility index (Phi) is 5.45. The molecule has 1 aromatic heterocycles. The molecular formula is C18H22N4O3. The lowest BCUT2D eigenvalue weighted by Crippen LogP contribution is -2.31. The van der Waals surface area contributed by atoms with Crippen LogP contribution in [0.3, 0.4) is 0 Å². The van der Waals surface area contributed by atoms with E-state index in [1.54, 1.807) is 19.4 Å². The van der Waals surface area contributed by atoms with Crippen molar-refractivity contribution in [2.75, 3.05) is 32.1 Å². The van der Waals surface area contributed by atoms with E-state index in [9.17, 15) is 10.1 Å². The van der Waals surface area contributed by atoms with E-state index in [4.69, 9.17) is 4.74 Å². The van der Waals surface area contributed by atoms with Gasteiger partial charge in [-0.3, -0.25) is 15.0 Å². The smallest absolute Gasteiger partial charge is 0.311 e. The van der Waals surface area contributed by atoms with Crippen LogP contribution in [-0.4, -0.2) is 41.6 Å². The van der Waals surface area contributed by atoms with Crippen molar-refractivity contribution in [3.05, 3.63) is 58.3 Å². The highest BCUT2D eigenvalue weighted by atomic mass is 16.6. The lowest BCUT2D eigenvalue weighted by molar-refractivity contribution is -0.384. The van der Waals surface area contributed by atoms with Crippen LogP contribution in [0.2, 0.25) is 0 Å². The molecule has 0 bridgehead atoms. The lowest BCUT2D eigenvalue weighted by atomic mass is 10.1. The first-order valence-electron chi connectivity index (χ1n) is 8.40. The second-order valence-corrected chi connectivity index (χ2v) is 6.04. The van der Waals surface area contributed by atoms with Gasteiger partial charge in [0.05, 0.1) is 18.1 Å². The third kappa shape index (κ3) is 4.06. The number of hydrogen-bond donors (Lipinski definition) is 1. The average molecular weight is 342 g/mol. The third-order valence-corrected chi connectivity index (χ3v) is 4.53. The van der Waals surface area contributed by atoms with Gasteiger partial charge in [-0.15, -0.1) is 0 Å². The molecule has 1 saturated heterocycles. The number of methoxy groups -OCH3 is 1. The number of benzene rings is 1. The standard InChI is InChI=1S/C18H22N4O3/c1-25-15-8-6-14(7-9-15)17(21-11-2-3-12-21)13-20-18-16(22(23)24)5-4-10-19-18/h4-10,17H,2-3,11-13H2,1H3,(H,19,20)/t17-/m1/s1. The van der Waals surface area contributed by atoms with E-state index in [1.165, 1.54) is 18.9 Å². The maximum Gasteiger partial charge on any atom is 0.311 e. The lowest BCUT2D eigenvalue weighted by Gasteiger charge is -2.28. The summed E-state index contributed by atoms with van der Waals surface area (Å²) in [6, 6.07) is 11.2. The largest absolute Gasteiger partial charge is 0.497 e. The van der Waals surface area contributed by atoms with Gasteiger partial charge in [0, 0.05) is 18.8 Å². The van der Waals surface area contributed by atoms with Gasteiger partial charge in [0.1, 0.15) is 5.75 Å². The van der Waals surface area contributed by atoms with E-state index < -0.39 is 4.92 Å². The van der Waals surface area contributed by atoms with Crippen molar-refractivity contribution in [1.29, 1.82) is 0 Å². The number of pyridine rings is 1. The molecule has 25 heavy (non-hydrogen) atoms. The summed E-state index contributed by atoms with van der Waals surface area (Å²) in [7, 11) is 1.65. The number of nitro groups is 1. The van der Waals surface area contributed by atoms with Gasteiger partial charge >= 0.3 is 5.69 Å². The molecule has 132 valence electrons. The van der Waals surface area contributed by atoms with Crippen LogP contribution in [0, 0.1) is 10.1 Å². The van der Waals surface area contributed by atoms with Crippen molar-refractivity contribution in [2.45, 2.75) is 18.9 Å². The first kappa shape index (κ1) is 17.2. The average Bonchev–Trinajstić information content (AvgIpc) is 3.17. The zero-order valence-electron chi connectivity index (χ0n) is 14.2. The van der Waals surface area contributed by atoms with Crippen molar-refractivity contribution in [3.63, 3.8) is 0 Å². The van der Waals surface area contributed by atoms with E-state index in [2.05, 4.69) is 27.3 Å². The van der Waals surface area contributed by atoms with Crippen molar-refractivity contribution in [3.8, 4) is 5.75 Å². The van der Waals surface area contributed by atoms with E-state index in [-0.39, 0.29) is 11.7 Å². The zero-order valence-corrected chi connectivity index (χ0v) is 14.2. The Morgan fingerprint density at radius 2 is 2.00 bits per heavy atom. The molecule has 0 saturated carbocycles. The van der Waals surface area contributed by atoms with Crippen LogP contribution in [0.5, 0.6) is 5.75 Å². The van der Waals surface area contributed by atoms with Crippen LogP contribution < -0.4 is 10.1 Å². The second-order valence-electron chi connectivity index (χ2n) is 6.04. The quantitative estimate of drug-likeness (QED) is 0.614. The fourth-order valence-corrected chi connectivity index (χ4v) is 3.21. The van der Waals surface area contributed by atoms with Crippen molar-refractivity contribution in [2.24, 2.45) is 0 Å². The van der Waals surface area contributed by atoms with Gasteiger partial charge in [0.2, 0.25) is 5.82 Å². The van der Waals surface area contributed by atoms with Crippen LogP contribution in [0.1, 0.15) is 24.4 Å². The van der Waals surface area contributed by atoms with Crippen molar-refractivity contribution in [1.82, 2.24) is 9.88 Å². The monoisotopic (exact) mass is 342 g/mol. The summed E-state index contributed by atoms with van der Waals surface area (Å²) in [5.74, 6) is 1.13. The summed E-state index contributed by atoms with van der Waals surface area (Å²) in [5.41, 5.74) is 1.16. The van der Waals surface area contributed by atoms with Gasteiger partial charge in [-0.25, -0.2) is 4.98 Å². The minimum absolute atomic E-state index is 0.00240. The molecule has 7 nitrogen and oxygen atoms in total. The Balaban J connectivity index is 1.79. The molecule has 0 unspecified atom stereocenters. The molecule has 0 aliphatic carbocycles. The Bertz CT molecular complexity index is 715. The van der Waals surface area contributed by atoms with Crippen LogP contribution in [0.25, 0.3) is 0 Å². The molecule has 1 aliphatic rings. The topological polar surface area (TPSA) is 80.5 Å². The molecule has 1 aliphatic heterocycles. The second kappa shape index (κ2) is 7.94. The maximum absolute atomic E-state index is 11.2.